The van der Waals surface area contributed by atoms with Gasteiger partial charge in [0.2, 0.25) is 0 Å². The van der Waals surface area contributed by atoms with Crippen LogP contribution in [0, 0.1) is 6.92 Å². The van der Waals surface area contributed by atoms with Crippen LogP contribution in [0.4, 0.5) is 10.6 Å². The first kappa shape index (κ1) is 14.2. The largest absolute Gasteiger partial charge is 0.486 e. The fourth-order valence-electron chi connectivity index (χ4n) is 2.15. The highest BCUT2D eigenvalue weighted by Gasteiger charge is 2.12. The zero-order valence-electron chi connectivity index (χ0n) is 12.3. The van der Waals surface area contributed by atoms with Crippen molar-refractivity contribution in [3.63, 3.8) is 0 Å². The van der Waals surface area contributed by atoms with Gasteiger partial charge in [-0.15, -0.1) is 0 Å². The third-order valence-corrected chi connectivity index (χ3v) is 3.30. The van der Waals surface area contributed by atoms with Gasteiger partial charge in [-0.05, 0) is 36.2 Å². The number of fused-ring (bicyclic) bond motifs is 1. The lowest BCUT2D eigenvalue weighted by Gasteiger charge is -2.19. The normalized spacial score (nSPS) is 12.6. The van der Waals surface area contributed by atoms with Crippen molar-refractivity contribution in [3.05, 3.63) is 47.7 Å². The summed E-state index contributed by atoms with van der Waals surface area (Å²) in [6.45, 7) is 3.40. The molecule has 1 aliphatic rings. The van der Waals surface area contributed by atoms with E-state index in [-0.39, 0.29) is 6.03 Å². The van der Waals surface area contributed by atoms with Gasteiger partial charge >= 0.3 is 6.03 Å². The summed E-state index contributed by atoms with van der Waals surface area (Å²) in [7, 11) is 0. The molecule has 2 aromatic rings. The second-order valence-electron chi connectivity index (χ2n) is 4.95. The lowest BCUT2D eigenvalue weighted by Crippen LogP contribution is -2.29. The molecule has 3 rings (SSSR count). The fraction of sp³-hybridized carbons (Fsp3) is 0.250. The molecular formula is C16H17N3O3. The molecule has 0 aliphatic carbocycles. The zero-order valence-corrected chi connectivity index (χ0v) is 12.3. The fourth-order valence-corrected chi connectivity index (χ4v) is 2.15. The molecule has 0 unspecified atom stereocenters. The van der Waals surface area contributed by atoms with E-state index in [1.165, 1.54) is 0 Å². The van der Waals surface area contributed by atoms with Crippen molar-refractivity contribution >= 4 is 11.8 Å². The van der Waals surface area contributed by atoms with Gasteiger partial charge in [-0.1, -0.05) is 12.1 Å². The van der Waals surface area contributed by atoms with E-state index in [2.05, 4.69) is 15.6 Å². The quantitative estimate of drug-likeness (QED) is 0.913. The highest BCUT2D eigenvalue weighted by molar-refractivity contribution is 5.88. The van der Waals surface area contributed by atoms with Crippen molar-refractivity contribution < 1.29 is 14.3 Å². The molecule has 0 fully saturated rings. The number of benzene rings is 1. The third kappa shape index (κ3) is 3.28. The van der Waals surface area contributed by atoms with Gasteiger partial charge in [-0.25, -0.2) is 9.78 Å². The van der Waals surface area contributed by atoms with E-state index in [0.717, 1.165) is 16.9 Å². The van der Waals surface area contributed by atoms with Crippen molar-refractivity contribution in [2.24, 2.45) is 0 Å². The first-order valence-electron chi connectivity index (χ1n) is 7.07. The average Bonchev–Trinajstić information content (AvgIpc) is 2.55. The van der Waals surface area contributed by atoms with E-state index in [9.17, 15) is 4.79 Å². The maximum atomic E-state index is 11.9. The van der Waals surface area contributed by atoms with Gasteiger partial charge in [-0.2, -0.15) is 0 Å². The highest BCUT2D eigenvalue weighted by Crippen LogP contribution is 2.30. The maximum absolute atomic E-state index is 11.9. The number of urea groups is 1. The Bertz CT molecular complexity index is 688. The van der Waals surface area contributed by atoms with Crippen LogP contribution in [0.5, 0.6) is 11.5 Å². The molecule has 2 N–H and O–H groups in total. The molecule has 6 nitrogen and oxygen atoms in total. The van der Waals surface area contributed by atoms with Crippen LogP contribution in [0.15, 0.2) is 36.5 Å². The Balaban J connectivity index is 1.58. The standard InChI is InChI=1S/C16H17N3O3/c1-11-3-2-6-17-15(11)19-16(20)18-10-12-4-5-13-14(9-12)22-8-7-21-13/h2-6,9H,7-8,10H2,1H3,(H2,17,18,19,20). The first-order chi connectivity index (χ1) is 10.7. The van der Waals surface area contributed by atoms with Crippen LogP contribution >= 0.6 is 0 Å². The van der Waals surface area contributed by atoms with Crippen molar-refractivity contribution in [3.8, 4) is 11.5 Å². The molecule has 2 amide bonds. The number of hydrogen-bond donors (Lipinski definition) is 2. The number of nitrogens with zero attached hydrogens (tertiary/aromatic N) is 1. The number of carbonyl (C=O) groups is 1. The molecular weight excluding hydrogens is 282 g/mol. The van der Waals surface area contributed by atoms with Crippen molar-refractivity contribution in [2.75, 3.05) is 18.5 Å². The van der Waals surface area contributed by atoms with E-state index in [1.807, 2.05) is 37.3 Å². The maximum Gasteiger partial charge on any atom is 0.320 e. The van der Waals surface area contributed by atoms with E-state index < -0.39 is 0 Å². The van der Waals surface area contributed by atoms with Gasteiger partial charge in [0.05, 0.1) is 0 Å². The van der Waals surface area contributed by atoms with E-state index in [0.29, 0.717) is 31.3 Å². The Hall–Kier alpha value is -2.76. The van der Waals surface area contributed by atoms with Crippen molar-refractivity contribution in [1.29, 1.82) is 0 Å². The van der Waals surface area contributed by atoms with Crippen LogP contribution in [0.2, 0.25) is 0 Å². The molecule has 2 heterocycles. The molecule has 6 heteroatoms. The molecule has 0 atom stereocenters. The number of nitrogens with one attached hydrogen (secondary N) is 2. The van der Waals surface area contributed by atoms with Gasteiger partial charge in [-0.3, -0.25) is 5.32 Å². The summed E-state index contributed by atoms with van der Waals surface area (Å²) in [4.78, 5) is 16.0. The Morgan fingerprint density at radius 2 is 2.05 bits per heavy atom. The predicted octanol–water partition coefficient (Wildman–Crippen LogP) is 2.48. The molecule has 0 bridgehead atoms. The number of amides is 2. The van der Waals surface area contributed by atoms with Gasteiger partial charge in [0.25, 0.3) is 0 Å². The molecule has 0 saturated carbocycles. The Morgan fingerprint density at radius 3 is 2.86 bits per heavy atom. The Kier molecular flexibility index (Phi) is 4.09. The average molecular weight is 299 g/mol. The summed E-state index contributed by atoms with van der Waals surface area (Å²) in [5.41, 5.74) is 1.86. The van der Waals surface area contributed by atoms with Crippen molar-refractivity contribution in [2.45, 2.75) is 13.5 Å². The van der Waals surface area contributed by atoms with Crippen LogP contribution < -0.4 is 20.1 Å². The minimum absolute atomic E-state index is 0.295. The SMILES string of the molecule is Cc1cccnc1NC(=O)NCc1ccc2c(c1)OCCO2. The summed E-state index contributed by atoms with van der Waals surface area (Å²) < 4.78 is 11.0. The molecule has 22 heavy (non-hydrogen) atoms. The van der Waals surface area contributed by atoms with Crippen molar-refractivity contribution in [1.82, 2.24) is 10.3 Å². The second-order valence-corrected chi connectivity index (χ2v) is 4.95. The minimum atomic E-state index is -0.295. The lowest BCUT2D eigenvalue weighted by atomic mass is 10.2. The summed E-state index contributed by atoms with van der Waals surface area (Å²) in [5, 5.41) is 5.52. The number of anilines is 1. The highest BCUT2D eigenvalue weighted by atomic mass is 16.6. The lowest BCUT2D eigenvalue weighted by molar-refractivity contribution is 0.171. The molecule has 114 valence electrons. The number of rotatable bonds is 3. The number of aryl methyl sites for hydroxylation is 1. The van der Waals surface area contributed by atoms with Gasteiger partial charge in [0.1, 0.15) is 19.0 Å². The number of aromatic nitrogens is 1. The first-order valence-corrected chi connectivity index (χ1v) is 7.07. The smallest absolute Gasteiger partial charge is 0.320 e. The Labute approximate surface area is 128 Å². The van der Waals surface area contributed by atoms with Crippen LogP contribution in [-0.2, 0) is 6.54 Å². The number of hydrogen-bond acceptors (Lipinski definition) is 4. The van der Waals surface area contributed by atoms with Gasteiger partial charge < -0.3 is 14.8 Å². The Morgan fingerprint density at radius 1 is 1.23 bits per heavy atom. The van der Waals surface area contributed by atoms with Crippen LogP contribution in [0.25, 0.3) is 0 Å². The summed E-state index contributed by atoms with van der Waals surface area (Å²) in [5.74, 6) is 2.01. The molecule has 1 aliphatic heterocycles. The van der Waals surface area contributed by atoms with E-state index in [1.54, 1.807) is 6.20 Å². The minimum Gasteiger partial charge on any atom is -0.486 e. The molecule has 1 aromatic heterocycles. The number of carbonyl (C=O) groups excluding carboxylic acids is 1. The predicted molar refractivity (Wildman–Crippen MR) is 82.3 cm³/mol. The summed E-state index contributed by atoms with van der Waals surface area (Å²) in [6, 6.07) is 9.06. The van der Waals surface area contributed by atoms with E-state index in [4.69, 9.17) is 9.47 Å². The number of ether oxygens (including phenoxy) is 2. The molecule has 0 saturated heterocycles. The third-order valence-electron chi connectivity index (χ3n) is 3.30. The molecule has 0 radical (unpaired) electrons. The molecule has 1 aromatic carbocycles. The van der Waals surface area contributed by atoms with Crippen LogP contribution in [-0.4, -0.2) is 24.2 Å². The van der Waals surface area contributed by atoms with Crippen LogP contribution in [0.1, 0.15) is 11.1 Å². The van der Waals surface area contributed by atoms with Gasteiger partial charge in [0, 0.05) is 12.7 Å². The monoisotopic (exact) mass is 299 g/mol. The topological polar surface area (TPSA) is 72.5 Å². The second kappa shape index (κ2) is 6.34. The summed E-state index contributed by atoms with van der Waals surface area (Å²) >= 11 is 0. The van der Waals surface area contributed by atoms with E-state index >= 15 is 0 Å². The summed E-state index contributed by atoms with van der Waals surface area (Å²) in [6.07, 6.45) is 1.64. The van der Waals surface area contributed by atoms with Crippen LogP contribution in [0.3, 0.4) is 0 Å². The molecule has 0 spiro atoms. The number of pyridine rings is 1. The van der Waals surface area contributed by atoms with Gasteiger partial charge in [0.15, 0.2) is 11.5 Å². The zero-order chi connectivity index (χ0) is 15.4.